The van der Waals surface area contributed by atoms with Crippen LogP contribution >= 0.6 is 0 Å². The Morgan fingerprint density at radius 2 is 2.00 bits per heavy atom. The molecule has 0 bridgehead atoms. The summed E-state index contributed by atoms with van der Waals surface area (Å²) in [5.41, 5.74) is 1.92. The van der Waals surface area contributed by atoms with E-state index in [2.05, 4.69) is 11.6 Å². The summed E-state index contributed by atoms with van der Waals surface area (Å²) in [5.74, 6) is -1.79. The van der Waals surface area contributed by atoms with Crippen molar-refractivity contribution in [2.45, 2.75) is 34.1 Å². The topological polar surface area (TPSA) is 54.7 Å². The predicted octanol–water partition coefficient (Wildman–Crippen LogP) is 4.71. The lowest BCUT2D eigenvalue weighted by atomic mass is 10.00. The van der Waals surface area contributed by atoms with Gasteiger partial charge in [-0.3, -0.25) is 9.30 Å². The first-order valence-electron chi connectivity index (χ1n) is 11.4. The number of hydrogen-bond acceptors (Lipinski definition) is 3. The number of allylic oxidation sites excluding steroid dienone is 5. The largest absolute Gasteiger partial charge is 0.311 e. The summed E-state index contributed by atoms with van der Waals surface area (Å²) in [6.45, 7) is 11.8. The maximum Gasteiger partial charge on any atom is 0.234 e. The minimum absolute atomic E-state index is 0.147. The van der Waals surface area contributed by atoms with E-state index < -0.39 is 21.7 Å². The molecule has 1 aromatic heterocycles. The first kappa shape index (κ1) is 26.3. The molecule has 8 heteroatoms. The molecule has 0 fully saturated rings. The molecule has 0 radical (unpaired) electrons. The number of aliphatic imine (C=N–C) groups is 1. The van der Waals surface area contributed by atoms with Gasteiger partial charge in [0.1, 0.15) is 11.5 Å². The summed E-state index contributed by atoms with van der Waals surface area (Å²) in [6.07, 6.45) is 12.8. The molecule has 1 aliphatic rings. The van der Waals surface area contributed by atoms with E-state index in [1.165, 1.54) is 11.6 Å². The highest BCUT2D eigenvalue weighted by Gasteiger charge is 2.25. The molecule has 1 unspecified atom stereocenters. The van der Waals surface area contributed by atoms with E-state index in [1.807, 2.05) is 33.1 Å². The number of anilines is 1. The summed E-state index contributed by atoms with van der Waals surface area (Å²) in [4.78, 5) is 4.37. The van der Waals surface area contributed by atoms with Gasteiger partial charge in [-0.15, -0.1) is 0 Å². The second-order valence-electron chi connectivity index (χ2n) is 8.54. The van der Waals surface area contributed by atoms with Crippen molar-refractivity contribution in [3.05, 3.63) is 76.1 Å². The van der Waals surface area contributed by atoms with Crippen molar-refractivity contribution in [3.63, 3.8) is 0 Å². The summed E-state index contributed by atoms with van der Waals surface area (Å²) in [5, 5.41) is 1.04. The van der Waals surface area contributed by atoms with Crippen molar-refractivity contribution in [2.75, 3.05) is 17.1 Å². The maximum absolute atomic E-state index is 15.8. The zero-order chi connectivity index (χ0) is 25.9. The molecule has 0 spiro atoms. The highest BCUT2D eigenvalue weighted by molar-refractivity contribution is 7.92. The van der Waals surface area contributed by atoms with Crippen molar-refractivity contribution in [3.8, 4) is 5.69 Å². The van der Waals surface area contributed by atoms with E-state index in [0.29, 0.717) is 22.6 Å². The Morgan fingerprint density at radius 1 is 1.29 bits per heavy atom. The first-order valence-corrected chi connectivity index (χ1v) is 13.0. The molecule has 0 aliphatic carbocycles. The molecule has 2 aromatic rings. The zero-order valence-electron chi connectivity index (χ0n) is 20.7. The molecule has 35 heavy (non-hydrogen) atoms. The number of hydrogen-bond donors (Lipinski definition) is 0. The van der Waals surface area contributed by atoms with E-state index in [1.54, 1.807) is 37.5 Å². The Hall–Kier alpha value is -3.26. The van der Waals surface area contributed by atoms with Crippen molar-refractivity contribution >= 4 is 40.2 Å². The summed E-state index contributed by atoms with van der Waals surface area (Å²) in [6, 6.07) is 2.22. The molecule has 1 aromatic carbocycles. The van der Waals surface area contributed by atoms with Crippen molar-refractivity contribution in [1.29, 1.82) is 0 Å². The van der Waals surface area contributed by atoms with Crippen LogP contribution < -0.4 is 14.9 Å². The molecule has 2 heterocycles. The van der Waals surface area contributed by atoms with Gasteiger partial charge in [0.05, 0.1) is 16.8 Å². The summed E-state index contributed by atoms with van der Waals surface area (Å²) >= 11 is 0. The van der Waals surface area contributed by atoms with Gasteiger partial charge >= 0.3 is 0 Å². The van der Waals surface area contributed by atoms with E-state index in [0.717, 1.165) is 27.6 Å². The minimum Gasteiger partial charge on any atom is -0.311 e. The molecule has 1 atom stereocenters. The average molecular weight is 500 g/mol. The van der Waals surface area contributed by atoms with Crippen LogP contribution in [0.2, 0.25) is 0 Å². The van der Waals surface area contributed by atoms with Crippen molar-refractivity contribution in [2.24, 2.45) is 10.9 Å². The van der Waals surface area contributed by atoms with Gasteiger partial charge in [-0.25, -0.2) is 17.2 Å². The predicted molar refractivity (Wildman–Crippen MR) is 142 cm³/mol. The third-order valence-electron chi connectivity index (χ3n) is 6.04. The summed E-state index contributed by atoms with van der Waals surface area (Å²) < 4.78 is 58.4. The number of sulfonamides is 1. The third-order valence-corrected chi connectivity index (χ3v) is 8.00. The second kappa shape index (κ2) is 10.6. The Kier molecular flexibility index (Phi) is 7.95. The fourth-order valence-electron chi connectivity index (χ4n) is 3.83. The fraction of sp³-hybridized carbons (Fsp3) is 0.296. The van der Waals surface area contributed by atoms with Crippen molar-refractivity contribution in [1.82, 2.24) is 4.57 Å². The van der Waals surface area contributed by atoms with Gasteiger partial charge in [0.25, 0.3) is 0 Å². The second-order valence-corrected chi connectivity index (χ2v) is 10.7. The van der Waals surface area contributed by atoms with Crippen LogP contribution in [0.4, 0.5) is 14.5 Å². The molecule has 0 saturated heterocycles. The smallest absolute Gasteiger partial charge is 0.234 e. The number of aromatic nitrogens is 1. The molecular formula is C27H31F2N3O2S. The van der Waals surface area contributed by atoms with Gasteiger partial charge in [-0.2, -0.15) is 0 Å². The lowest BCUT2D eigenvalue weighted by molar-refractivity contribution is 0.564. The first-order chi connectivity index (χ1) is 16.5. The molecule has 0 N–H and O–H groups in total. The zero-order valence-corrected chi connectivity index (χ0v) is 21.5. The molecule has 186 valence electrons. The normalized spacial score (nSPS) is 17.0. The Bertz CT molecular complexity index is 1460. The SMILES string of the molecule is C=c1c(C2=CN=CC(C)C(C)=C2)cn(-c2c(F)ccc(N(C)S(=O)(=O)CCC)c2F)/c1=C/C=CC. The van der Waals surface area contributed by atoms with Crippen LogP contribution in [-0.2, 0) is 10.0 Å². The van der Waals surface area contributed by atoms with E-state index in [4.69, 9.17) is 0 Å². The summed E-state index contributed by atoms with van der Waals surface area (Å²) in [7, 11) is -2.49. The monoisotopic (exact) mass is 499 g/mol. The van der Waals surface area contributed by atoms with Gasteiger partial charge < -0.3 is 4.57 Å². The van der Waals surface area contributed by atoms with Crippen molar-refractivity contribution < 1.29 is 17.2 Å². The maximum atomic E-state index is 15.8. The van der Waals surface area contributed by atoms with Crippen LogP contribution in [0.1, 0.15) is 39.7 Å². The highest BCUT2D eigenvalue weighted by atomic mass is 32.2. The lowest BCUT2D eigenvalue weighted by Crippen LogP contribution is -2.31. The molecular weight excluding hydrogens is 468 g/mol. The standard InChI is InChI=1S/C27H31F2N3O2S/c1-7-9-10-24-20(5)22(21-14-18(3)19(4)15-30-16-21)17-32(24)27-23(28)11-12-25(26(27)29)31(6)35(33,34)13-8-2/h7,9-12,14-17,19H,5,8,13H2,1-4,6H3/b9-7?,24-10+. The minimum atomic E-state index is -3.76. The van der Waals surface area contributed by atoms with E-state index in [-0.39, 0.29) is 23.0 Å². The van der Waals surface area contributed by atoms with E-state index in [9.17, 15) is 8.42 Å². The van der Waals surface area contributed by atoms with Gasteiger partial charge in [-0.1, -0.05) is 44.2 Å². The number of halogens is 2. The molecule has 5 nitrogen and oxygen atoms in total. The quantitative estimate of drug-likeness (QED) is 0.554. The number of benzene rings is 1. The number of rotatable bonds is 7. The van der Waals surface area contributed by atoms with E-state index >= 15 is 8.78 Å². The Balaban J connectivity index is 2.32. The Labute approximate surface area is 205 Å². The molecule has 3 rings (SSSR count). The number of nitrogens with zero attached hydrogens (tertiary/aromatic N) is 3. The van der Waals surface area contributed by atoms with Crippen LogP contribution in [0.5, 0.6) is 0 Å². The van der Waals surface area contributed by atoms with Crippen LogP contribution in [0, 0.1) is 17.6 Å². The molecule has 0 amide bonds. The third kappa shape index (κ3) is 5.22. The van der Waals surface area contributed by atoms with Gasteiger partial charge in [-0.05, 0) is 38.5 Å². The van der Waals surface area contributed by atoms with Gasteiger partial charge in [0.2, 0.25) is 10.0 Å². The van der Waals surface area contributed by atoms with Crippen LogP contribution in [-0.4, -0.2) is 32.0 Å². The van der Waals surface area contributed by atoms with Gasteiger partial charge in [0, 0.05) is 47.9 Å². The van der Waals surface area contributed by atoms with Crippen LogP contribution in [0.15, 0.2) is 53.3 Å². The van der Waals surface area contributed by atoms with Gasteiger partial charge in [0.15, 0.2) is 5.82 Å². The molecule has 0 saturated carbocycles. The fourth-order valence-corrected chi connectivity index (χ4v) is 5.06. The van der Waals surface area contributed by atoms with Crippen LogP contribution in [0.25, 0.3) is 23.9 Å². The average Bonchev–Trinajstić information content (AvgIpc) is 3.01. The highest BCUT2D eigenvalue weighted by Crippen LogP contribution is 2.29. The Morgan fingerprint density at radius 3 is 2.66 bits per heavy atom. The van der Waals surface area contributed by atoms with Crippen LogP contribution in [0.3, 0.4) is 0 Å². The lowest BCUT2D eigenvalue weighted by Gasteiger charge is -2.21. The molecule has 1 aliphatic heterocycles.